The largest absolute Gasteiger partial charge is 0.351 e. The highest BCUT2D eigenvalue weighted by atomic mass is 32.1. The third kappa shape index (κ3) is 2.36. The molecule has 0 radical (unpaired) electrons. The first-order valence-corrected chi connectivity index (χ1v) is 7.30. The van der Waals surface area contributed by atoms with Gasteiger partial charge in [-0.2, -0.15) is 4.52 Å². The second kappa shape index (κ2) is 4.71. The molecule has 3 aromatic heterocycles. The molecule has 3 heterocycles. The molecule has 1 atom stereocenters. The average Bonchev–Trinajstić information content (AvgIpc) is 2.96. The molecule has 0 aliphatic heterocycles. The Morgan fingerprint density at radius 2 is 2.21 bits per heavy atom. The van der Waals surface area contributed by atoms with Crippen molar-refractivity contribution in [3.05, 3.63) is 38.7 Å². The molecule has 0 aliphatic carbocycles. The zero-order chi connectivity index (χ0) is 13.4. The Labute approximate surface area is 116 Å². The van der Waals surface area contributed by atoms with E-state index < -0.39 is 0 Å². The third-order valence-electron chi connectivity index (χ3n) is 2.52. The standard InChI is InChI=1S/C11H11N5OS2/c1-6-5-13-9(18-6)7(2)14-10-15-16-8(17)3-4-12-11(16)19-10/h3-5,7H,1-2H3,(H,14,15). The van der Waals surface area contributed by atoms with E-state index in [0.29, 0.717) is 10.1 Å². The number of thiazole rings is 1. The number of fused-ring (bicyclic) bond motifs is 1. The van der Waals surface area contributed by atoms with Crippen molar-refractivity contribution < 1.29 is 0 Å². The van der Waals surface area contributed by atoms with Crippen molar-refractivity contribution in [2.45, 2.75) is 19.9 Å². The van der Waals surface area contributed by atoms with Gasteiger partial charge in [0.15, 0.2) is 0 Å². The van der Waals surface area contributed by atoms with E-state index >= 15 is 0 Å². The van der Waals surface area contributed by atoms with Gasteiger partial charge in [0.2, 0.25) is 10.1 Å². The van der Waals surface area contributed by atoms with Gasteiger partial charge in [0, 0.05) is 23.3 Å². The van der Waals surface area contributed by atoms with Crippen LogP contribution in [-0.2, 0) is 0 Å². The number of rotatable bonds is 3. The summed E-state index contributed by atoms with van der Waals surface area (Å²) >= 11 is 2.99. The molecule has 0 saturated carbocycles. The lowest BCUT2D eigenvalue weighted by atomic mass is 10.4. The summed E-state index contributed by atoms with van der Waals surface area (Å²) in [7, 11) is 0. The molecule has 0 aliphatic rings. The maximum atomic E-state index is 11.6. The van der Waals surface area contributed by atoms with Crippen molar-refractivity contribution in [3.8, 4) is 0 Å². The maximum absolute atomic E-state index is 11.6. The van der Waals surface area contributed by atoms with Gasteiger partial charge in [-0.05, 0) is 13.8 Å². The van der Waals surface area contributed by atoms with E-state index in [2.05, 4.69) is 20.4 Å². The van der Waals surface area contributed by atoms with Gasteiger partial charge >= 0.3 is 0 Å². The fraction of sp³-hybridized carbons (Fsp3) is 0.273. The van der Waals surface area contributed by atoms with Crippen molar-refractivity contribution in [2.75, 3.05) is 5.32 Å². The molecule has 0 spiro atoms. The molecule has 6 nitrogen and oxygen atoms in total. The molecule has 0 saturated heterocycles. The number of aryl methyl sites for hydroxylation is 1. The Hall–Kier alpha value is -1.80. The highest BCUT2D eigenvalue weighted by Crippen LogP contribution is 2.25. The average molecular weight is 293 g/mol. The van der Waals surface area contributed by atoms with E-state index in [1.165, 1.54) is 33.0 Å². The predicted octanol–water partition coefficient (Wildman–Crippen LogP) is 2.09. The first-order valence-electron chi connectivity index (χ1n) is 5.67. The van der Waals surface area contributed by atoms with E-state index in [9.17, 15) is 4.79 Å². The van der Waals surface area contributed by atoms with Gasteiger partial charge in [0.25, 0.3) is 5.56 Å². The smallest absolute Gasteiger partial charge is 0.275 e. The quantitative estimate of drug-likeness (QED) is 0.800. The summed E-state index contributed by atoms with van der Waals surface area (Å²) in [6, 6.07) is 1.44. The summed E-state index contributed by atoms with van der Waals surface area (Å²) in [5.74, 6) is 0. The van der Waals surface area contributed by atoms with Crippen LogP contribution < -0.4 is 10.9 Å². The number of nitrogens with zero attached hydrogens (tertiary/aromatic N) is 4. The minimum Gasteiger partial charge on any atom is -0.351 e. The Morgan fingerprint density at radius 1 is 1.37 bits per heavy atom. The number of nitrogens with one attached hydrogen (secondary N) is 1. The molecule has 3 rings (SSSR count). The van der Waals surface area contributed by atoms with Crippen LogP contribution in [0, 0.1) is 6.92 Å². The molecule has 19 heavy (non-hydrogen) atoms. The minimum atomic E-state index is -0.174. The molecule has 1 unspecified atom stereocenters. The first-order chi connectivity index (χ1) is 9.13. The lowest BCUT2D eigenvalue weighted by molar-refractivity contribution is 0.840. The van der Waals surface area contributed by atoms with Crippen LogP contribution in [0.2, 0.25) is 0 Å². The van der Waals surface area contributed by atoms with E-state index in [4.69, 9.17) is 0 Å². The molecule has 0 bridgehead atoms. The molecular formula is C11H11N5OS2. The second-order valence-electron chi connectivity index (χ2n) is 4.06. The van der Waals surface area contributed by atoms with Gasteiger partial charge in [-0.25, -0.2) is 9.97 Å². The monoisotopic (exact) mass is 293 g/mol. The summed E-state index contributed by atoms with van der Waals surface area (Å²) in [5, 5.41) is 9.11. The molecule has 1 N–H and O–H groups in total. The molecule has 0 fully saturated rings. The van der Waals surface area contributed by atoms with Gasteiger partial charge in [0.1, 0.15) is 5.01 Å². The number of hydrogen-bond acceptors (Lipinski definition) is 7. The van der Waals surface area contributed by atoms with E-state index in [0.717, 1.165) is 5.01 Å². The molecule has 8 heteroatoms. The van der Waals surface area contributed by atoms with Gasteiger partial charge in [-0.15, -0.1) is 16.4 Å². The van der Waals surface area contributed by atoms with Crippen LogP contribution in [-0.4, -0.2) is 19.6 Å². The molecule has 0 aromatic carbocycles. The number of hydrogen-bond donors (Lipinski definition) is 1. The Morgan fingerprint density at radius 3 is 2.89 bits per heavy atom. The lowest BCUT2D eigenvalue weighted by Crippen LogP contribution is -2.13. The second-order valence-corrected chi connectivity index (χ2v) is 6.28. The van der Waals surface area contributed by atoms with Crippen molar-refractivity contribution in [3.63, 3.8) is 0 Å². The van der Waals surface area contributed by atoms with Crippen molar-refractivity contribution in [2.24, 2.45) is 0 Å². The van der Waals surface area contributed by atoms with Crippen LogP contribution in [0.25, 0.3) is 4.96 Å². The highest BCUT2D eigenvalue weighted by molar-refractivity contribution is 7.20. The summed E-state index contributed by atoms with van der Waals surface area (Å²) in [6.45, 7) is 4.04. The SMILES string of the molecule is Cc1cnc(C(C)Nc2nn3c(=O)ccnc3s2)s1. The summed E-state index contributed by atoms with van der Waals surface area (Å²) in [5.41, 5.74) is -0.174. The van der Waals surface area contributed by atoms with Crippen molar-refractivity contribution >= 4 is 32.8 Å². The Balaban J connectivity index is 1.89. The number of aromatic nitrogens is 4. The van der Waals surface area contributed by atoms with Crippen LogP contribution in [0.3, 0.4) is 0 Å². The van der Waals surface area contributed by atoms with Gasteiger partial charge < -0.3 is 5.32 Å². The van der Waals surface area contributed by atoms with Crippen molar-refractivity contribution in [1.82, 2.24) is 19.6 Å². The molecule has 0 amide bonds. The zero-order valence-corrected chi connectivity index (χ0v) is 12.0. The normalized spacial score (nSPS) is 12.7. The molecular weight excluding hydrogens is 282 g/mol. The first kappa shape index (κ1) is 12.2. The van der Waals surface area contributed by atoms with Crippen LogP contribution in [0.4, 0.5) is 5.13 Å². The van der Waals surface area contributed by atoms with Crippen LogP contribution in [0.15, 0.2) is 23.3 Å². The van der Waals surface area contributed by atoms with Crippen LogP contribution in [0.5, 0.6) is 0 Å². The van der Waals surface area contributed by atoms with E-state index in [-0.39, 0.29) is 11.6 Å². The Bertz CT molecular complexity index is 775. The van der Waals surface area contributed by atoms with Crippen molar-refractivity contribution in [1.29, 1.82) is 0 Å². The maximum Gasteiger partial charge on any atom is 0.275 e. The predicted molar refractivity (Wildman–Crippen MR) is 76.0 cm³/mol. The highest BCUT2D eigenvalue weighted by Gasteiger charge is 2.12. The molecule has 98 valence electrons. The zero-order valence-electron chi connectivity index (χ0n) is 10.3. The minimum absolute atomic E-state index is 0.0509. The van der Waals surface area contributed by atoms with E-state index in [1.54, 1.807) is 11.3 Å². The van der Waals surface area contributed by atoms with E-state index in [1.807, 2.05) is 20.0 Å². The van der Waals surface area contributed by atoms with Crippen LogP contribution in [0.1, 0.15) is 22.9 Å². The third-order valence-corrected chi connectivity index (χ3v) is 4.47. The van der Waals surface area contributed by atoms with Gasteiger partial charge in [0.05, 0.1) is 6.04 Å². The summed E-state index contributed by atoms with van der Waals surface area (Å²) in [4.78, 5) is 21.8. The lowest BCUT2D eigenvalue weighted by Gasteiger charge is -2.08. The fourth-order valence-electron chi connectivity index (χ4n) is 1.62. The van der Waals surface area contributed by atoms with Crippen LogP contribution >= 0.6 is 22.7 Å². The summed E-state index contributed by atoms with van der Waals surface area (Å²) in [6.07, 6.45) is 3.34. The fourth-order valence-corrected chi connectivity index (χ4v) is 3.26. The summed E-state index contributed by atoms with van der Waals surface area (Å²) < 4.78 is 1.30. The van der Waals surface area contributed by atoms with Gasteiger partial charge in [-0.1, -0.05) is 11.3 Å². The van der Waals surface area contributed by atoms with Gasteiger partial charge in [-0.3, -0.25) is 4.79 Å². The number of anilines is 1. The topological polar surface area (TPSA) is 72.2 Å². The molecule has 3 aromatic rings. The Kier molecular flexibility index (Phi) is 3.03.